The van der Waals surface area contributed by atoms with Gasteiger partial charge in [-0.15, -0.1) is 0 Å². The highest BCUT2D eigenvalue weighted by Crippen LogP contribution is 2.21. The van der Waals surface area contributed by atoms with Gasteiger partial charge < -0.3 is 25.5 Å². The second-order valence-corrected chi connectivity index (χ2v) is 5.35. The molecule has 1 heterocycles. The molecule has 1 aliphatic carbocycles. The summed E-state index contributed by atoms with van der Waals surface area (Å²) < 4.78 is 0. The maximum absolute atomic E-state index is 12.0. The van der Waals surface area contributed by atoms with Gasteiger partial charge in [-0.2, -0.15) is 0 Å². The summed E-state index contributed by atoms with van der Waals surface area (Å²) in [5, 5.41) is 30.7. The molecule has 2 atom stereocenters. The lowest BCUT2D eigenvalue weighted by molar-refractivity contribution is -0.141. The number of β-amino-alcohol motifs (C(OH)–C–C–N with tert-alkyl or cyclic N) is 1. The van der Waals surface area contributed by atoms with Crippen molar-refractivity contribution in [2.24, 2.45) is 0 Å². The van der Waals surface area contributed by atoms with E-state index in [1.54, 1.807) is 0 Å². The van der Waals surface area contributed by atoms with Crippen molar-refractivity contribution in [3.63, 3.8) is 0 Å². The van der Waals surface area contributed by atoms with Crippen LogP contribution in [0.3, 0.4) is 0 Å². The minimum absolute atomic E-state index is 0.0249. The van der Waals surface area contributed by atoms with Crippen molar-refractivity contribution in [1.82, 2.24) is 10.2 Å². The standard InChI is InChI=1S/C12H20N2O5/c15-8-3-1-7(2-4-8)13-12(19)14-6-9(16)5-10(14)11(17)18/h7-10,15-16H,1-6H2,(H,13,19)(H,17,18)/t7?,8?,9-,10+/m1/s1. The molecule has 1 saturated heterocycles. The molecule has 0 unspecified atom stereocenters. The molecule has 4 N–H and O–H groups in total. The third-order valence-electron chi connectivity index (χ3n) is 3.85. The summed E-state index contributed by atoms with van der Waals surface area (Å²) in [6.07, 6.45) is 1.69. The second kappa shape index (κ2) is 5.75. The first-order chi connectivity index (χ1) is 8.97. The quantitative estimate of drug-likeness (QED) is 0.542. The lowest BCUT2D eigenvalue weighted by Gasteiger charge is -2.29. The van der Waals surface area contributed by atoms with E-state index >= 15 is 0 Å². The van der Waals surface area contributed by atoms with Crippen LogP contribution in [0.4, 0.5) is 4.79 Å². The molecule has 0 spiro atoms. The van der Waals surface area contributed by atoms with Gasteiger partial charge in [0.25, 0.3) is 0 Å². The second-order valence-electron chi connectivity index (χ2n) is 5.35. The number of aliphatic hydroxyl groups is 2. The SMILES string of the molecule is O=C(O)[C@@H]1C[C@@H](O)CN1C(=O)NC1CCC(O)CC1. The predicted octanol–water partition coefficient (Wildman–Crippen LogP) is -0.481. The average molecular weight is 272 g/mol. The molecular formula is C12H20N2O5. The lowest BCUT2D eigenvalue weighted by atomic mass is 9.93. The van der Waals surface area contributed by atoms with Gasteiger partial charge in [0.1, 0.15) is 6.04 Å². The van der Waals surface area contributed by atoms with Crippen LogP contribution in [0, 0.1) is 0 Å². The first-order valence-electron chi connectivity index (χ1n) is 6.63. The number of nitrogens with one attached hydrogen (secondary N) is 1. The number of rotatable bonds is 2. The summed E-state index contributed by atoms with van der Waals surface area (Å²) in [5.41, 5.74) is 0. The Morgan fingerprint density at radius 2 is 1.68 bits per heavy atom. The summed E-state index contributed by atoms with van der Waals surface area (Å²) in [6, 6.07) is -1.42. The first-order valence-corrected chi connectivity index (χ1v) is 6.63. The average Bonchev–Trinajstić information content (AvgIpc) is 2.74. The van der Waals surface area contributed by atoms with Crippen LogP contribution in [0.25, 0.3) is 0 Å². The number of hydrogen-bond acceptors (Lipinski definition) is 4. The van der Waals surface area contributed by atoms with E-state index in [9.17, 15) is 19.8 Å². The summed E-state index contributed by atoms with van der Waals surface area (Å²) in [6.45, 7) is 0.0537. The number of hydrogen-bond donors (Lipinski definition) is 4. The lowest BCUT2D eigenvalue weighted by Crippen LogP contribution is -2.50. The molecule has 7 nitrogen and oxygen atoms in total. The van der Waals surface area contributed by atoms with Crippen molar-refractivity contribution in [2.45, 2.75) is 56.4 Å². The Hall–Kier alpha value is -1.34. The Morgan fingerprint density at radius 1 is 1.05 bits per heavy atom. The molecule has 7 heteroatoms. The number of likely N-dealkylation sites (tertiary alicyclic amines) is 1. The highest BCUT2D eigenvalue weighted by atomic mass is 16.4. The number of nitrogens with zero attached hydrogens (tertiary/aromatic N) is 1. The van der Waals surface area contributed by atoms with E-state index in [-0.39, 0.29) is 25.1 Å². The molecule has 19 heavy (non-hydrogen) atoms. The third-order valence-corrected chi connectivity index (χ3v) is 3.85. The molecule has 0 radical (unpaired) electrons. The number of urea groups is 1. The number of carbonyl (C=O) groups is 2. The van der Waals surface area contributed by atoms with E-state index in [1.807, 2.05) is 0 Å². The maximum atomic E-state index is 12.0. The predicted molar refractivity (Wildman–Crippen MR) is 65.5 cm³/mol. The first kappa shape index (κ1) is 14.1. The van der Waals surface area contributed by atoms with Gasteiger partial charge in [-0.25, -0.2) is 9.59 Å². The minimum Gasteiger partial charge on any atom is -0.480 e. The monoisotopic (exact) mass is 272 g/mol. The van der Waals surface area contributed by atoms with E-state index in [0.717, 1.165) is 0 Å². The Balaban J connectivity index is 1.90. The van der Waals surface area contributed by atoms with Crippen LogP contribution in [0.2, 0.25) is 0 Å². The number of aliphatic hydroxyl groups excluding tert-OH is 2. The van der Waals surface area contributed by atoms with E-state index < -0.39 is 24.1 Å². The normalized spacial score (nSPS) is 35.2. The van der Waals surface area contributed by atoms with Crippen LogP contribution in [0.5, 0.6) is 0 Å². The van der Waals surface area contributed by atoms with Crippen LogP contribution in [-0.2, 0) is 4.79 Å². The fourth-order valence-electron chi connectivity index (χ4n) is 2.75. The van der Waals surface area contributed by atoms with Gasteiger partial charge in [0.2, 0.25) is 0 Å². The van der Waals surface area contributed by atoms with Crippen LogP contribution >= 0.6 is 0 Å². The summed E-state index contributed by atoms with van der Waals surface area (Å²) >= 11 is 0. The zero-order valence-corrected chi connectivity index (χ0v) is 10.7. The molecule has 0 bridgehead atoms. The molecular weight excluding hydrogens is 252 g/mol. The van der Waals surface area contributed by atoms with E-state index in [1.165, 1.54) is 4.90 Å². The topological polar surface area (TPSA) is 110 Å². The number of aliphatic carboxylic acids is 1. The Kier molecular flexibility index (Phi) is 4.26. The molecule has 2 fully saturated rings. The van der Waals surface area contributed by atoms with E-state index in [0.29, 0.717) is 25.7 Å². The summed E-state index contributed by atoms with van der Waals surface area (Å²) in [4.78, 5) is 24.2. The molecule has 0 aromatic heterocycles. The van der Waals surface area contributed by atoms with Gasteiger partial charge in [-0.1, -0.05) is 0 Å². The van der Waals surface area contributed by atoms with Crippen molar-refractivity contribution in [2.75, 3.05) is 6.54 Å². The summed E-state index contributed by atoms with van der Waals surface area (Å²) in [7, 11) is 0. The van der Waals surface area contributed by atoms with Gasteiger partial charge in [0.15, 0.2) is 0 Å². The maximum Gasteiger partial charge on any atom is 0.326 e. The van der Waals surface area contributed by atoms with Crippen LogP contribution in [-0.4, -0.2) is 63.1 Å². The molecule has 108 valence electrons. The number of carbonyl (C=O) groups excluding carboxylic acids is 1. The molecule has 2 aliphatic rings. The molecule has 1 saturated carbocycles. The zero-order valence-electron chi connectivity index (χ0n) is 10.7. The molecule has 2 rings (SSSR count). The van der Waals surface area contributed by atoms with Gasteiger partial charge in [0, 0.05) is 19.0 Å². The van der Waals surface area contributed by atoms with Crippen molar-refractivity contribution in [3.8, 4) is 0 Å². The van der Waals surface area contributed by atoms with Gasteiger partial charge in [-0.05, 0) is 25.7 Å². The zero-order chi connectivity index (χ0) is 14.0. The van der Waals surface area contributed by atoms with Crippen molar-refractivity contribution in [1.29, 1.82) is 0 Å². The third kappa shape index (κ3) is 3.36. The molecule has 0 aromatic rings. The number of amides is 2. The van der Waals surface area contributed by atoms with Crippen molar-refractivity contribution < 1.29 is 24.9 Å². The van der Waals surface area contributed by atoms with Crippen LogP contribution < -0.4 is 5.32 Å². The number of carboxylic acid groups (broad SMARTS) is 1. The van der Waals surface area contributed by atoms with Gasteiger partial charge in [-0.3, -0.25) is 0 Å². The molecule has 0 aromatic carbocycles. The highest BCUT2D eigenvalue weighted by molar-refractivity contribution is 5.83. The Morgan fingerprint density at radius 3 is 2.26 bits per heavy atom. The van der Waals surface area contributed by atoms with Crippen molar-refractivity contribution >= 4 is 12.0 Å². The minimum atomic E-state index is -1.09. The van der Waals surface area contributed by atoms with Crippen LogP contribution in [0.1, 0.15) is 32.1 Å². The Bertz CT molecular complexity index is 354. The fourth-order valence-corrected chi connectivity index (χ4v) is 2.75. The molecule has 2 amide bonds. The van der Waals surface area contributed by atoms with E-state index in [4.69, 9.17) is 5.11 Å². The Labute approximate surface area is 111 Å². The van der Waals surface area contributed by atoms with E-state index in [2.05, 4.69) is 5.32 Å². The smallest absolute Gasteiger partial charge is 0.326 e. The fraction of sp³-hybridized carbons (Fsp3) is 0.833. The highest BCUT2D eigenvalue weighted by Gasteiger charge is 2.39. The summed E-state index contributed by atoms with van der Waals surface area (Å²) in [5.74, 6) is -1.09. The molecule has 1 aliphatic heterocycles. The van der Waals surface area contributed by atoms with Crippen molar-refractivity contribution in [3.05, 3.63) is 0 Å². The van der Waals surface area contributed by atoms with Gasteiger partial charge in [0.05, 0.1) is 12.2 Å². The van der Waals surface area contributed by atoms with Gasteiger partial charge >= 0.3 is 12.0 Å². The van der Waals surface area contributed by atoms with Crippen LogP contribution in [0.15, 0.2) is 0 Å². The number of carboxylic acids is 1. The largest absolute Gasteiger partial charge is 0.480 e.